The summed E-state index contributed by atoms with van der Waals surface area (Å²) < 4.78 is 3.03. The third kappa shape index (κ3) is 4.23. The molecule has 0 aliphatic carbocycles. The fraction of sp³-hybridized carbons (Fsp3) is 0.250. The lowest BCUT2D eigenvalue weighted by Gasteiger charge is -2.12. The number of nitrogens with one attached hydrogen (secondary N) is 1. The average molecular weight is 462 g/mol. The molecule has 1 aromatic heterocycles. The molecule has 8 heteroatoms. The summed E-state index contributed by atoms with van der Waals surface area (Å²) in [4.78, 5) is 38.5. The normalized spacial score (nSPS) is 15.6. The van der Waals surface area contributed by atoms with Crippen molar-refractivity contribution in [3.05, 3.63) is 56.7 Å². The average Bonchev–Trinajstić information content (AvgIpc) is 3.06. The summed E-state index contributed by atoms with van der Waals surface area (Å²) >= 11 is 4.19. The van der Waals surface area contributed by atoms with Crippen LogP contribution in [0.1, 0.15) is 23.9 Å². The van der Waals surface area contributed by atoms with Gasteiger partial charge in [-0.15, -0.1) is 0 Å². The number of aromatic nitrogens is 1. The molecule has 1 aliphatic rings. The Morgan fingerprint density at radius 1 is 1.21 bits per heavy atom. The second-order valence-electron chi connectivity index (χ2n) is 6.39. The van der Waals surface area contributed by atoms with E-state index in [-0.39, 0.29) is 6.54 Å². The van der Waals surface area contributed by atoms with Crippen LogP contribution >= 0.6 is 27.7 Å². The van der Waals surface area contributed by atoms with Gasteiger partial charge < -0.3 is 9.88 Å². The number of hydrogen-bond acceptors (Lipinski definition) is 4. The Hall–Kier alpha value is -2.32. The number of carbonyl (C=O) groups excluding carboxylic acids is 3. The summed E-state index contributed by atoms with van der Waals surface area (Å²) in [5, 5.41) is 2.25. The number of nitrogens with zero attached hydrogens (tertiary/aromatic N) is 2. The van der Waals surface area contributed by atoms with Crippen LogP contribution in [0.25, 0.3) is 6.08 Å². The van der Waals surface area contributed by atoms with Gasteiger partial charge in [0.1, 0.15) is 6.54 Å². The molecule has 1 aliphatic heterocycles. The van der Waals surface area contributed by atoms with Gasteiger partial charge >= 0.3 is 0 Å². The van der Waals surface area contributed by atoms with Crippen molar-refractivity contribution >= 4 is 56.5 Å². The van der Waals surface area contributed by atoms with E-state index in [0.29, 0.717) is 10.6 Å². The molecule has 1 saturated heterocycles. The summed E-state index contributed by atoms with van der Waals surface area (Å²) in [5.41, 5.74) is 3.64. The van der Waals surface area contributed by atoms with Crippen molar-refractivity contribution in [1.82, 2.24) is 9.47 Å². The van der Waals surface area contributed by atoms with Gasteiger partial charge in [0.05, 0.1) is 4.91 Å². The molecule has 1 fully saturated rings. The molecule has 6 nitrogen and oxygen atoms in total. The second-order valence-corrected chi connectivity index (χ2v) is 8.30. The molecule has 3 amide bonds. The summed E-state index contributed by atoms with van der Waals surface area (Å²) in [6, 6.07) is 9.06. The van der Waals surface area contributed by atoms with Gasteiger partial charge in [0.15, 0.2) is 0 Å². The van der Waals surface area contributed by atoms with Gasteiger partial charge in [-0.25, -0.2) is 0 Å². The standard InChI is InChI=1S/C20H20BrN3O3S/c1-4-23-12(2)9-14(13(23)3)10-17-19(26)24(20(27)28-17)11-18(25)22-16-7-5-15(21)6-8-16/h5-10H,4,11H2,1-3H3,(H,22,25)/b17-10-. The molecule has 0 atom stereocenters. The zero-order valence-electron chi connectivity index (χ0n) is 15.8. The number of imide groups is 1. The zero-order valence-corrected chi connectivity index (χ0v) is 18.2. The molecule has 2 heterocycles. The molecule has 0 bridgehead atoms. The Morgan fingerprint density at radius 3 is 2.50 bits per heavy atom. The molecule has 1 N–H and O–H groups in total. The Labute approximate surface area is 176 Å². The van der Waals surface area contributed by atoms with Gasteiger partial charge in [0.25, 0.3) is 11.1 Å². The molecule has 0 unspecified atom stereocenters. The predicted octanol–water partition coefficient (Wildman–Crippen LogP) is 4.56. The van der Waals surface area contributed by atoms with Crippen LogP contribution in [0, 0.1) is 13.8 Å². The van der Waals surface area contributed by atoms with Crippen molar-refractivity contribution in [2.75, 3.05) is 11.9 Å². The van der Waals surface area contributed by atoms with Crippen LogP contribution in [-0.4, -0.2) is 33.1 Å². The van der Waals surface area contributed by atoms with Gasteiger partial charge in [-0.2, -0.15) is 0 Å². The number of carbonyl (C=O) groups is 3. The Morgan fingerprint density at radius 2 is 1.89 bits per heavy atom. The molecule has 1 aromatic carbocycles. The molecule has 0 spiro atoms. The molecule has 2 aromatic rings. The second kappa shape index (κ2) is 8.36. The van der Waals surface area contributed by atoms with Crippen molar-refractivity contribution in [3.63, 3.8) is 0 Å². The summed E-state index contributed by atoms with van der Waals surface area (Å²) in [6.45, 7) is 6.57. The predicted molar refractivity (Wildman–Crippen MR) is 115 cm³/mol. The van der Waals surface area contributed by atoms with Crippen LogP contribution in [0.4, 0.5) is 10.5 Å². The van der Waals surface area contributed by atoms with E-state index in [9.17, 15) is 14.4 Å². The van der Waals surface area contributed by atoms with Crippen molar-refractivity contribution in [2.24, 2.45) is 0 Å². The van der Waals surface area contributed by atoms with Gasteiger partial charge in [0, 0.05) is 28.1 Å². The van der Waals surface area contributed by atoms with Crippen LogP contribution in [0.2, 0.25) is 0 Å². The van der Waals surface area contributed by atoms with Crippen molar-refractivity contribution in [3.8, 4) is 0 Å². The van der Waals surface area contributed by atoms with Gasteiger partial charge in [-0.1, -0.05) is 15.9 Å². The number of rotatable bonds is 5. The summed E-state index contributed by atoms with van der Waals surface area (Å²) in [7, 11) is 0. The summed E-state index contributed by atoms with van der Waals surface area (Å²) in [6.07, 6.45) is 1.73. The quantitative estimate of drug-likeness (QED) is 0.662. The highest BCUT2D eigenvalue weighted by molar-refractivity contribution is 9.10. The minimum atomic E-state index is -0.442. The monoisotopic (exact) mass is 461 g/mol. The maximum Gasteiger partial charge on any atom is 0.294 e. The van der Waals surface area contributed by atoms with Crippen molar-refractivity contribution in [1.29, 1.82) is 0 Å². The number of aryl methyl sites for hydroxylation is 1. The topological polar surface area (TPSA) is 71.4 Å². The molecular formula is C20H20BrN3O3S. The minimum Gasteiger partial charge on any atom is -0.349 e. The molecule has 0 radical (unpaired) electrons. The smallest absolute Gasteiger partial charge is 0.294 e. The Kier molecular flexibility index (Phi) is 6.10. The first-order chi connectivity index (χ1) is 13.3. The number of benzene rings is 1. The first kappa shape index (κ1) is 20.4. The number of halogens is 1. The van der Waals surface area contributed by atoms with Crippen molar-refractivity contribution in [2.45, 2.75) is 27.3 Å². The van der Waals surface area contributed by atoms with E-state index in [1.807, 2.05) is 19.9 Å². The van der Waals surface area contributed by atoms with Crippen LogP contribution in [0.5, 0.6) is 0 Å². The maximum atomic E-state index is 12.6. The van der Waals surface area contributed by atoms with E-state index in [4.69, 9.17) is 0 Å². The highest BCUT2D eigenvalue weighted by atomic mass is 79.9. The first-order valence-electron chi connectivity index (χ1n) is 8.77. The van der Waals surface area contributed by atoms with Crippen molar-refractivity contribution < 1.29 is 14.4 Å². The molecule has 0 saturated carbocycles. The Bertz CT molecular complexity index is 979. The van der Waals surface area contributed by atoms with Gasteiger partial charge in [0.2, 0.25) is 5.91 Å². The van der Waals surface area contributed by atoms with Crippen LogP contribution < -0.4 is 5.32 Å². The Balaban J connectivity index is 1.73. The maximum absolute atomic E-state index is 12.6. The third-order valence-electron chi connectivity index (χ3n) is 4.52. The van der Waals surface area contributed by atoms with E-state index >= 15 is 0 Å². The highest BCUT2D eigenvalue weighted by Crippen LogP contribution is 2.33. The number of thioether (sulfide) groups is 1. The van der Waals surface area contributed by atoms with E-state index in [1.165, 1.54) is 0 Å². The minimum absolute atomic E-state index is 0.313. The van der Waals surface area contributed by atoms with Crippen LogP contribution in [0.3, 0.4) is 0 Å². The number of hydrogen-bond donors (Lipinski definition) is 1. The van der Waals surface area contributed by atoms with E-state index in [2.05, 4.69) is 32.7 Å². The largest absolute Gasteiger partial charge is 0.349 e. The summed E-state index contributed by atoms with van der Waals surface area (Å²) in [5.74, 6) is -0.864. The molecular weight excluding hydrogens is 442 g/mol. The molecule has 28 heavy (non-hydrogen) atoms. The fourth-order valence-corrected chi connectivity index (χ4v) is 4.21. The van der Waals surface area contributed by atoms with Crippen LogP contribution in [0.15, 0.2) is 39.7 Å². The lowest BCUT2D eigenvalue weighted by Crippen LogP contribution is -2.36. The van der Waals surface area contributed by atoms with Gasteiger partial charge in [-0.05, 0) is 74.5 Å². The molecule has 3 rings (SSSR count). The SMILES string of the molecule is CCn1c(C)cc(/C=C2\SC(=O)N(CC(=O)Nc3ccc(Br)cc3)C2=O)c1C. The lowest BCUT2D eigenvalue weighted by atomic mass is 10.2. The van der Waals surface area contributed by atoms with Gasteiger partial charge in [-0.3, -0.25) is 19.3 Å². The number of amides is 3. The van der Waals surface area contributed by atoms with Crippen LogP contribution in [-0.2, 0) is 16.1 Å². The van der Waals surface area contributed by atoms with E-state index < -0.39 is 17.1 Å². The first-order valence-corrected chi connectivity index (χ1v) is 10.4. The number of anilines is 1. The highest BCUT2D eigenvalue weighted by Gasteiger charge is 2.36. The van der Waals surface area contributed by atoms with E-state index in [0.717, 1.165) is 44.6 Å². The zero-order chi connectivity index (χ0) is 20.4. The lowest BCUT2D eigenvalue weighted by molar-refractivity contribution is -0.127. The van der Waals surface area contributed by atoms with E-state index in [1.54, 1.807) is 30.3 Å². The third-order valence-corrected chi connectivity index (χ3v) is 5.95. The fourth-order valence-electron chi connectivity index (χ4n) is 3.12. The molecule has 146 valence electrons.